The zero-order chi connectivity index (χ0) is 11.2. The predicted octanol–water partition coefficient (Wildman–Crippen LogP) is 3.39. The standard InChI is InChI=1S/C14H27NO/c15-12-10-14(11-12)16-13-8-6-4-2-1-3-5-7-9-13/h12-14H,1-11,15H2/t12-,14+. The molecule has 0 amide bonds. The Morgan fingerprint density at radius 1 is 0.688 bits per heavy atom. The topological polar surface area (TPSA) is 35.2 Å². The van der Waals surface area contributed by atoms with Gasteiger partial charge in [0.15, 0.2) is 0 Å². The Balaban J connectivity index is 1.67. The van der Waals surface area contributed by atoms with Crippen molar-refractivity contribution in [2.45, 2.75) is 88.9 Å². The molecule has 0 aromatic heterocycles. The number of nitrogens with two attached hydrogens (primary N) is 1. The molecule has 0 bridgehead atoms. The van der Waals surface area contributed by atoms with Gasteiger partial charge >= 0.3 is 0 Å². The lowest BCUT2D eigenvalue weighted by molar-refractivity contribution is -0.0665. The summed E-state index contributed by atoms with van der Waals surface area (Å²) in [5.74, 6) is 0. The Bertz CT molecular complexity index is 179. The van der Waals surface area contributed by atoms with Gasteiger partial charge in [-0.3, -0.25) is 0 Å². The zero-order valence-corrected chi connectivity index (χ0v) is 10.5. The Morgan fingerprint density at radius 2 is 1.19 bits per heavy atom. The molecule has 2 aliphatic rings. The smallest absolute Gasteiger partial charge is 0.0608 e. The van der Waals surface area contributed by atoms with Crippen LogP contribution in [0.15, 0.2) is 0 Å². The summed E-state index contributed by atoms with van der Waals surface area (Å²) in [7, 11) is 0. The van der Waals surface area contributed by atoms with Crippen molar-refractivity contribution in [2.75, 3.05) is 0 Å². The lowest BCUT2D eigenvalue weighted by Crippen LogP contribution is -2.43. The molecule has 0 aromatic carbocycles. The van der Waals surface area contributed by atoms with Crippen LogP contribution in [0.3, 0.4) is 0 Å². The monoisotopic (exact) mass is 225 g/mol. The van der Waals surface area contributed by atoms with Gasteiger partial charge in [0.2, 0.25) is 0 Å². The summed E-state index contributed by atoms with van der Waals surface area (Å²) in [5.41, 5.74) is 5.80. The highest BCUT2D eigenvalue weighted by Gasteiger charge is 2.28. The summed E-state index contributed by atoms with van der Waals surface area (Å²) in [6, 6.07) is 0.421. The molecule has 0 heterocycles. The van der Waals surface area contributed by atoms with Crippen LogP contribution in [0, 0.1) is 0 Å². The van der Waals surface area contributed by atoms with E-state index >= 15 is 0 Å². The van der Waals surface area contributed by atoms with Crippen LogP contribution < -0.4 is 5.73 Å². The van der Waals surface area contributed by atoms with Gasteiger partial charge in [0.05, 0.1) is 12.2 Å². The first-order chi connectivity index (χ1) is 7.84. The lowest BCUT2D eigenvalue weighted by Gasteiger charge is -2.35. The molecule has 2 saturated carbocycles. The Morgan fingerprint density at radius 3 is 1.69 bits per heavy atom. The van der Waals surface area contributed by atoms with Crippen LogP contribution in [-0.2, 0) is 4.74 Å². The normalized spacial score (nSPS) is 34.3. The Hall–Kier alpha value is -0.0800. The van der Waals surface area contributed by atoms with E-state index in [1.54, 1.807) is 0 Å². The van der Waals surface area contributed by atoms with Gasteiger partial charge in [0, 0.05) is 6.04 Å². The maximum atomic E-state index is 6.15. The molecule has 0 saturated heterocycles. The summed E-state index contributed by atoms with van der Waals surface area (Å²) in [6.07, 6.45) is 15.6. The van der Waals surface area contributed by atoms with Crippen LogP contribution in [0.1, 0.15) is 70.6 Å². The quantitative estimate of drug-likeness (QED) is 0.782. The summed E-state index contributed by atoms with van der Waals surface area (Å²) in [4.78, 5) is 0. The molecule has 2 fully saturated rings. The third-order valence-electron chi connectivity index (χ3n) is 4.07. The molecule has 0 atom stereocenters. The number of ether oxygens (including phenoxy) is 1. The van der Waals surface area contributed by atoms with Gasteiger partial charge in [0.25, 0.3) is 0 Å². The molecule has 94 valence electrons. The van der Waals surface area contributed by atoms with Crippen molar-refractivity contribution in [2.24, 2.45) is 5.73 Å². The van der Waals surface area contributed by atoms with E-state index in [0.29, 0.717) is 18.2 Å². The van der Waals surface area contributed by atoms with Gasteiger partial charge in [0.1, 0.15) is 0 Å². The highest BCUT2D eigenvalue weighted by Crippen LogP contribution is 2.27. The first-order valence-corrected chi connectivity index (χ1v) is 7.25. The van der Waals surface area contributed by atoms with Crippen molar-refractivity contribution >= 4 is 0 Å². The van der Waals surface area contributed by atoms with Gasteiger partial charge in [-0.05, 0) is 25.7 Å². The van der Waals surface area contributed by atoms with E-state index in [2.05, 4.69) is 0 Å². The van der Waals surface area contributed by atoms with E-state index < -0.39 is 0 Å². The van der Waals surface area contributed by atoms with Crippen molar-refractivity contribution in [3.05, 3.63) is 0 Å². The first-order valence-electron chi connectivity index (χ1n) is 7.25. The predicted molar refractivity (Wildman–Crippen MR) is 67.4 cm³/mol. The van der Waals surface area contributed by atoms with E-state index in [-0.39, 0.29) is 0 Å². The van der Waals surface area contributed by atoms with Gasteiger partial charge in [-0.25, -0.2) is 0 Å². The van der Waals surface area contributed by atoms with Gasteiger partial charge in [-0.1, -0.05) is 44.9 Å². The van der Waals surface area contributed by atoms with Crippen molar-refractivity contribution < 1.29 is 4.74 Å². The highest BCUT2D eigenvalue weighted by atomic mass is 16.5. The Kier molecular flexibility index (Phi) is 5.11. The van der Waals surface area contributed by atoms with Crippen LogP contribution in [0.5, 0.6) is 0 Å². The van der Waals surface area contributed by atoms with Crippen LogP contribution in [0.4, 0.5) is 0 Å². The molecule has 2 N–H and O–H groups in total. The summed E-state index contributed by atoms with van der Waals surface area (Å²) in [6.45, 7) is 0. The molecule has 2 nitrogen and oxygen atoms in total. The molecule has 2 rings (SSSR count). The lowest BCUT2D eigenvalue weighted by atomic mass is 9.89. The highest BCUT2D eigenvalue weighted by molar-refractivity contribution is 4.84. The van der Waals surface area contributed by atoms with E-state index in [1.807, 2.05) is 0 Å². The minimum absolute atomic E-state index is 0.421. The van der Waals surface area contributed by atoms with Crippen molar-refractivity contribution in [1.82, 2.24) is 0 Å². The third kappa shape index (κ3) is 4.06. The Labute approximate surface area is 99.9 Å². The average molecular weight is 225 g/mol. The zero-order valence-electron chi connectivity index (χ0n) is 10.5. The molecule has 0 aliphatic heterocycles. The van der Waals surface area contributed by atoms with E-state index in [1.165, 1.54) is 57.8 Å². The molecular weight excluding hydrogens is 198 g/mol. The van der Waals surface area contributed by atoms with Gasteiger partial charge in [-0.15, -0.1) is 0 Å². The molecule has 0 radical (unpaired) electrons. The van der Waals surface area contributed by atoms with Gasteiger partial charge in [-0.2, -0.15) is 0 Å². The summed E-state index contributed by atoms with van der Waals surface area (Å²) < 4.78 is 6.15. The van der Waals surface area contributed by atoms with E-state index in [0.717, 1.165) is 12.8 Å². The molecule has 0 unspecified atom stereocenters. The fraction of sp³-hybridized carbons (Fsp3) is 1.00. The molecule has 2 heteroatoms. The van der Waals surface area contributed by atoms with E-state index in [9.17, 15) is 0 Å². The van der Waals surface area contributed by atoms with E-state index in [4.69, 9.17) is 10.5 Å². The van der Waals surface area contributed by atoms with Crippen molar-refractivity contribution in [3.63, 3.8) is 0 Å². The molecule has 2 aliphatic carbocycles. The maximum absolute atomic E-state index is 6.15. The number of rotatable bonds is 2. The van der Waals surface area contributed by atoms with Crippen LogP contribution in [0.25, 0.3) is 0 Å². The number of hydrogen-bond acceptors (Lipinski definition) is 2. The number of hydrogen-bond donors (Lipinski definition) is 1. The van der Waals surface area contributed by atoms with Crippen molar-refractivity contribution in [1.29, 1.82) is 0 Å². The largest absolute Gasteiger partial charge is 0.375 e. The van der Waals surface area contributed by atoms with Crippen LogP contribution in [-0.4, -0.2) is 18.2 Å². The second-order valence-corrected chi connectivity index (χ2v) is 5.66. The molecular formula is C14H27NO. The fourth-order valence-electron chi connectivity index (χ4n) is 2.90. The van der Waals surface area contributed by atoms with Gasteiger partial charge < -0.3 is 10.5 Å². The maximum Gasteiger partial charge on any atom is 0.0608 e. The molecule has 16 heavy (non-hydrogen) atoms. The second kappa shape index (κ2) is 6.61. The summed E-state index contributed by atoms with van der Waals surface area (Å²) in [5, 5.41) is 0. The SMILES string of the molecule is N[C@H]1C[C@@H](OC2CCCCCCCCC2)C1. The average Bonchev–Trinajstić information content (AvgIpc) is 2.25. The minimum atomic E-state index is 0.421. The molecule has 0 aromatic rings. The van der Waals surface area contributed by atoms with Crippen molar-refractivity contribution in [3.8, 4) is 0 Å². The van der Waals surface area contributed by atoms with Crippen LogP contribution >= 0.6 is 0 Å². The summed E-state index contributed by atoms with van der Waals surface area (Å²) >= 11 is 0. The fourth-order valence-corrected chi connectivity index (χ4v) is 2.90. The minimum Gasteiger partial charge on any atom is -0.375 e. The first kappa shape index (κ1) is 12.4. The third-order valence-corrected chi connectivity index (χ3v) is 4.07. The second-order valence-electron chi connectivity index (χ2n) is 5.66. The van der Waals surface area contributed by atoms with Crippen LogP contribution in [0.2, 0.25) is 0 Å². The molecule has 0 spiro atoms.